The summed E-state index contributed by atoms with van der Waals surface area (Å²) in [7, 11) is 1.70. The van der Waals surface area contributed by atoms with E-state index in [1.807, 2.05) is 12.1 Å². The van der Waals surface area contributed by atoms with Gasteiger partial charge in [0.15, 0.2) is 0 Å². The molecule has 0 aliphatic heterocycles. The highest BCUT2D eigenvalue weighted by Crippen LogP contribution is 2.38. The Balaban J connectivity index is 0.00000288. The first-order valence-corrected chi connectivity index (χ1v) is 7.87. The Kier molecular flexibility index (Phi) is 7.19. The van der Waals surface area contributed by atoms with Crippen LogP contribution in [-0.4, -0.2) is 49.5 Å². The van der Waals surface area contributed by atoms with E-state index in [9.17, 15) is 4.79 Å². The molecule has 3 atom stereocenters. The largest absolute Gasteiger partial charge is 0.395 e. The number of amides is 1. The number of fused-ring (bicyclic) bond motifs is 1. The van der Waals surface area contributed by atoms with E-state index in [1.54, 1.807) is 13.2 Å². The van der Waals surface area contributed by atoms with Crippen LogP contribution in [0.25, 0.3) is 0 Å². The average Bonchev–Trinajstić information content (AvgIpc) is 2.52. The molecule has 136 valence electrons. The molecule has 0 saturated carbocycles. The molecule has 0 radical (unpaired) electrons. The maximum Gasteiger partial charge on any atom is 0.248 e. The van der Waals surface area contributed by atoms with E-state index in [1.165, 1.54) is 0 Å². The van der Waals surface area contributed by atoms with Crippen molar-refractivity contribution in [1.82, 2.24) is 5.32 Å². The topological polar surface area (TPSA) is 111 Å². The van der Waals surface area contributed by atoms with Gasteiger partial charge in [0.2, 0.25) is 5.91 Å². The summed E-state index contributed by atoms with van der Waals surface area (Å²) in [6.45, 7) is 4.66. The van der Waals surface area contributed by atoms with E-state index in [2.05, 4.69) is 19.2 Å². The Hall–Kier alpha value is -1.18. The van der Waals surface area contributed by atoms with Crippen molar-refractivity contribution < 1.29 is 14.6 Å². The molecule has 0 spiro atoms. The number of methoxy groups -OCH3 is 1. The van der Waals surface area contributed by atoms with Gasteiger partial charge in [-0.1, -0.05) is 19.9 Å². The Bertz CT molecular complexity index is 580. The number of primary amides is 1. The fourth-order valence-electron chi connectivity index (χ4n) is 3.42. The normalized spacial score (nSPS) is 23.0. The Morgan fingerprint density at radius 3 is 2.71 bits per heavy atom. The van der Waals surface area contributed by atoms with E-state index in [0.717, 1.165) is 17.5 Å². The molecule has 1 amide bonds. The van der Waals surface area contributed by atoms with Gasteiger partial charge in [-0.15, -0.1) is 12.4 Å². The predicted molar refractivity (Wildman–Crippen MR) is 96.6 cm³/mol. The third-order valence-electron chi connectivity index (χ3n) is 4.80. The van der Waals surface area contributed by atoms with Gasteiger partial charge in [0, 0.05) is 43.1 Å². The first-order valence-electron chi connectivity index (χ1n) is 7.87. The van der Waals surface area contributed by atoms with Crippen LogP contribution in [0.4, 0.5) is 0 Å². The lowest BCUT2D eigenvalue weighted by atomic mass is 9.67. The number of hydrogen-bond donors (Lipinski definition) is 4. The summed E-state index contributed by atoms with van der Waals surface area (Å²) in [5.41, 5.74) is 13.7. The molecule has 0 unspecified atom stereocenters. The highest BCUT2D eigenvalue weighted by atomic mass is 35.5. The molecule has 7 heteroatoms. The number of carbonyl (C=O) groups excluding carboxylic acids is 1. The molecular formula is C17H28ClN3O3. The third-order valence-corrected chi connectivity index (χ3v) is 4.80. The van der Waals surface area contributed by atoms with Gasteiger partial charge >= 0.3 is 0 Å². The van der Waals surface area contributed by atoms with Crippen molar-refractivity contribution in [3.63, 3.8) is 0 Å². The molecule has 1 aromatic carbocycles. The Morgan fingerprint density at radius 2 is 2.17 bits per heavy atom. The minimum absolute atomic E-state index is 0. The first-order chi connectivity index (χ1) is 10.8. The lowest BCUT2D eigenvalue weighted by molar-refractivity contribution is 0.0344. The molecule has 1 aromatic rings. The summed E-state index contributed by atoms with van der Waals surface area (Å²) in [6, 6.07) is 5.30. The van der Waals surface area contributed by atoms with Gasteiger partial charge in [0.25, 0.3) is 0 Å². The number of hydrogen-bond acceptors (Lipinski definition) is 5. The standard InChI is InChI=1S/C17H27N3O3.ClH/c1-17(2)13-6-11(16(19)22)5-4-10(13)7-14(23-3)15(17)20-8-12(18)9-21;/h4-6,12,14-15,20-21H,7-9,18H2,1-3H3,(H2,19,22);1H/t12-,14-,15+;/m1./s1. The van der Waals surface area contributed by atoms with Crippen LogP contribution in [0.15, 0.2) is 18.2 Å². The molecule has 24 heavy (non-hydrogen) atoms. The summed E-state index contributed by atoms with van der Waals surface area (Å²) in [4.78, 5) is 11.5. The number of nitrogens with two attached hydrogens (primary N) is 2. The van der Waals surface area contributed by atoms with Crippen molar-refractivity contribution >= 4 is 18.3 Å². The summed E-state index contributed by atoms with van der Waals surface area (Å²) in [5.74, 6) is -0.427. The molecule has 0 saturated heterocycles. The maximum atomic E-state index is 11.5. The zero-order valence-corrected chi connectivity index (χ0v) is 15.2. The van der Waals surface area contributed by atoms with Gasteiger partial charge in [-0.25, -0.2) is 0 Å². The molecule has 0 aromatic heterocycles. The fraction of sp³-hybridized carbons (Fsp3) is 0.588. The van der Waals surface area contributed by atoms with Crippen molar-refractivity contribution in [2.24, 2.45) is 11.5 Å². The van der Waals surface area contributed by atoms with Crippen LogP contribution in [0.3, 0.4) is 0 Å². The predicted octanol–water partition coefficient (Wildman–Crippen LogP) is 0.334. The van der Waals surface area contributed by atoms with Crippen molar-refractivity contribution in [3.8, 4) is 0 Å². The van der Waals surface area contributed by atoms with Gasteiger partial charge in [-0.05, 0) is 23.3 Å². The Morgan fingerprint density at radius 1 is 1.50 bits per heavy atom. The van der Waals surface area contributed by atoms with Crippen LogP contribution in [0.5, 0.6) is 0 Å². The van der Waals surface area contributed by atoms with E-state index in [-0.39, 0.29) is 42.6 Å². The molecule has 0 bridgehead atoms. The summed E-state index contributed by atoms with van der Waals surface area (Å²) < 4.78 is 5.68. The van der Waals surface area contributed by atoms with Crippen LogP contribution in [0.2, 0.25) is 0 Å². The van der Waals surface area contributed by atoms with E-state index in [4.69, 9.17) is 21.3 Å². The zero-order valence-electron chi connectivity index (χ0n) is 14.4. The maximum absolute atomic E-state index is 11.5. The number of benzene rings is 1. The smallest absolute Gasteiger partial charge is 0.248 e. The second-order valence-corrected chi connectivity index (χ2v) is 6.76. The number of aliphatic hydroxyl groups is 1. The van der Waals surface area contributed by atoms with Gasteiger partial charge in [-0.2, -0.15) is 0 Å². The lowest BCUT2D eigenvalue weighted by Gasteiger charge is -2.45. The molecule has 0 fully saturated rings. The highest BCUT2D eigenvalue weighted by molar-refractivity contribution is 5.93. The molecule has 6 nitrogen and oxygen atoms in total. The van der Waals surface area contributed by atoms with Crippen LogP contribution < -0.4 is 16.8 Å². The summed E-state index contributed by atoms with van der Waals surface area (Å²) in [6.07, 6.45) is 0.739. The molecule has 6 N–H and O–H groups in total. The second-order valence-electron chi connectivity index (χ2n) is 6.76. The number of aliphatic hydroxyl groups excluding tert-OH is 1. The van der Waals surface area contributed by atoms with Crippen molar-refractivity contribution in [2.75, 3.05) is 20.3 Å². The van der Waals surface area contributed by atoms with E-state index in [0.29, 0.717) is 12.1 Å². The monoisotopic (exact) mass is 357 g/mol. The number of nitrogens with one attached hydrogen (secondary N) is 1. The van der Waals surface area contributed by atoms with Crippen LogP contribution in [-0.2, 0) is 16.6 Å². The molecule has 2 rings (SSSR count). The van der Waals surface area contributed by atoms with Crippen molar-refractivity contribution in [1.29, 1.82) is 0 Å². The van der Waals surface area contributed by atoms with Gasteiger partial charge in [0.05, 0.1) is 12.7 Å². The van der Waals surface area contributed by atoms with Crippen molar-refractivity contribution in [3.05, 3.63) is 34.9 Å². The van der Waals surface area contributed by atoms with Crippen LogP contribution >= 0.6 is 12.4 Å². The van der Waals surface area contributed by atoms with Gasteiger partial charge in [-0.3, -0.25) is 4.79 Å². The lowest BCUT2D eigenvalue weighted by Crippen LogP contribution is -2.58. The fourth-order valence-corrected chi connectivity index (χ4v) is 3.42. The summed E-state index contributed by atoms with van der Waals surface area (Å²) >= 11 is 0. The summed E-state index contributed by atoms with van der Waals surface area (Å²) in [5, 5.41) is 12.6. The quantitative estimate of drug-likeness (QED) is 0.586. The number of ether oxygens (including phenoxy) is 1. The first kappa shape index (κ1) is 20.9. The SMILES string of the molecule is CO[C@@H]1Cc2ccc(C(N)=O)cc2C(C)(C)[C@H]1NC[C@@H](N)CO.Cl. The van der Waals surface area contributed by atoms with E-state index >= 15 is 0 Å². The number of rotatable bonds is 6. The minimum atomic E-state index is -0.427. The minimum Gasteiger partial charge on any atom is -0.395 e. The molecule has 0 heterocycles. The van der Waals surface area contributed by atoms with Gasteiger partial charge < -0.3 is 26.6 Å². The number of halogens is 1. The number of carbonyl (C=O) groups is 1. The second kappa shape index (κ2) is 8.27. The Labute approximate surface area is 149 Å². The van der Waals surface area contributed by atoms with E-state index < -0.39 is 5.91 Å². The zero-order chi connectivity index (χ0) is 17.2. The van der Waals surface area contributed by atoms with Crippen LogP contribution in [0.1, 0.15) is 35.3 Å². The molecule has 1 aliphatic rings. The van der Waals surface area contributed by atoms with Crippen molar-refractivity contribution in [2.45, 2.75) is 43.9 Å². The van der Waals surface area contributed by atoms with Crippen LogP contribution in [0, 0.1) is 0 Å². The highest BCUT2D eigenvalue weighted by Gasteiger charge is 2.42. The molecular weight excluding hydrogens is 330 g/mol. The average molecular weight is 358 g/mol. The molecule has 1 aliphatic carbocycles. The third kappa shape index (κ3) is 4.07. The van der Waals surface area contributed by atoms with Gasteiger partial charge in [0.1, 0.15) is 0 Å².